The number of rotatable bonds is 5. The minimum atomic E-state index is 0.214. The van der Waals surface area contributed by atoms with Crippen molar-refractivity contribution in [3.05, 3.63) is 11.6 Å². The molecule has 1 heterocycles. The van der Waals surface area contributed by atoms with Crippen molar-refractivity contribution in [3.63, 3.8) is 0 Å². The number of carbonyl (C=O) groups is 1. The van der Waals surface area contributed by atoms with E-state index in [4.69, 9.17) is 4.74 Å². The van der Waals surface area contributed by atoms with Gasteiger partial charge in [-0.2, -0.15) is 0 Å². The molecule has 3 rings (SSSR count). The zero-order valence-corrected chi connectivity index (χ0v) is 14.8. The summed E-state index contributed by atoms with van der Waals surface area (Å²) >= 11 is 0. The van der Waals surface area contributed by atoms with Gasteiger partial charge in [-0.3, -0.25) is 4.79 Å². The molecule has 0 atom stereocenters. The molecule has 2 saturated carbocycles. The van der Waals surface area contributed by atoms with Crippen LogP contribution in [0.5, 0.6) is 0 Å². The van der Waals surface area contributed by atoms with E-state index >= 15 is 0 Å². The maximum atomic E-state index is 11.2. The molecule has 1 spiro atoms. The molecule has 0 aromatic rings. The molecule has 0 unspecified atom stereocenters. The minimum absolute atomic E-state index is 0.214. The second-order valence-corrected chi connectivity index (χ2v) is 8.03. The van der Waals surface area contributed by atoms with Crippen LogP contribution in [0.2, 0.25) is 0 Å². The smallest absolute Gasteiger partial charge is 0.152 e. The van der Waals surface area contributed by atoms with Crippen LogP contribution in [0.15, 0.2) is 11.6 Å². The van der Waals surface area contributed by atoms with E-state index in [9.17, 15) is 4.79 Å². The first kappa shape index (κ1) is 17.2. The molecule has 0 aromatic heterocycles. The van der Waals surface area contributed by atoms with Crippen molar-refractivity contribution in [1.82, 2.24) is 4.90 Å². The van der Waals surface area contributed by atoms with E-state index in [1.807, 2.05) is 6.08 Å². The zero-order valence-electron chi connectivity index (χ0n) is 14.8. The number of ether oxygens (including phenoxy) is 1. The first-order valence-electron chi connectivity index (χ1n) is 9.69. The van der Waals surface area contributed by atoms with Gasteiger partial charge in [0.15, 0.2) is 5.78 Å². The average Bonchev–Trinajstić information content (AvgIpc) is 3.05. The molecule has 130 valence electrons. The third-order valence-corrected chi connectivity index (χ3v) is 6.31. The quantitative estimate of drug-likeness (QED) is 0.714. The van der Waals surface area contributed by atoms with Gasteiger partial charge in [-0.1, -0.05) is 5.57 Å². The Bertz CT molecular complexity index is 417. The highest BCUT2D eigenvalue weighted by Gasteiger charge is 2.37. The molecular weight excluding hydrogens is 286 g/mol. The molecule has 3 heteroatoms. The normalized spacial score (nSPS) is 32.4. The topological polar surface area (TPSA) is 29.5 Å². The lowest BCUT2D eigenvalue weighted by molar-refractivity contribution is -0.112. The Balaban J connectivity index is 1.36. The third kappa shape index (κ3) is 4.90. The summed E-state index contributed by atoms with van der Waals surface area (Å²) in [6.45, 7) is 6.26. The van der Waals surface area contributed by atoms with Gasteiger partial charge < -0.3 is 9.64 Å². The summed E-state index contributed by atoms with van der Waals surface area (Å²) in [5.41, 5.74) is 1.94. The fraction of sp³-hybridized carbons (Fsp3) is 0.850. The van der Waals surface area contributed by atoms with Gasteiger partial charge >= 0.3 is 0 Å². The summed E-state index contributed by atoms with van der Waals surface area (Å²) in [5, 5.41) is 0. The Hall–Kier alpha value is -0.670. The third-order valence-electron chi connectivity index (χ3n) is 6.31. The summed E-state index contributed by atoms with van der Waals surface area (Å²) in [5.74, 6) is 0.214. The van der Waals surface area contributed by atoms with Gasteiger partial charge in [-0.25, -0.2) is 0 Å². The van der Waals surface area contributed by atoms with Crippen LogP contribution in [0, 0.1) is 5.41 Å². The minimum Gasteiger partial charge on any atom is -0.377 e. The lowest BCUT2D eigenvalue weighted by Crippen LogP contribution is -2.34. The highest BCUT2D eigenvalue weighted by Crippen LogP contribution is 2.49. The number of allylic oxidation sites excluding steroid dienone is 2. The van der Waals surface area contributed by atoms with Gasteiger partial charge in [0.1, 0.15) is 0 Å². The molecule has 3 aliphatic rings. The lowest BCUT2D eigenvalue weighted by atomic mass is 9.64. The molecule has 2 aliphatic carbocycles. The van der Waals surface area contributed by atoms with Crippen LogP contribution in [0.1, 0.15) is 71.1 Å². The largest absolute Gasteiger partial charge is 0.377 e. The predicted molar refractivity (Wildman–Crippen MR) is 93.5 cm³/mol. The molecule has 1 aliphatic heterocycles. The van der Waals surface area contributed by atoms with E-state index < -0.39 is 0 Å². The van der Waals surface area contributed by atoms with Crippen molar-refractivity contribution in [2.24, 2.45) is 5.41 Å². The van der Waals surface area contributed by atoms with Gasteiger partial charge in [0.2, 0.25) is 0 Å². The summed E-state index contributed by atoms with van der Waals surface area (Å²) in [6, 6.07) is 0. The van der Waals surface area contributed by atoms with Crippen LogP contribution in [-0.2, 0) is 9.53 Å². The Labute approximate surface area is 141 Å². The van der Waals surface area contributed by atoms with Gasteiger partial charge in [-0.15, -0.1) is 0 Å². The van der Waals surface area contributed by atoms with Crippen LogP contribution < -0.4 is 0 Å². The van der Waals surface area contributed by atoms with Crippen LogP contribution in [-0.4, -0.2) is 43.0 Å². The Morgan fingerprint density at radius 3 is 2.43 bits per heavy atom. The molecule has 0 radical (unpaired) electrons. The van der Waals surface area contributed by atoms with Crippen molar-refractivity contribution >= 4 is 5.78 Å². The second-order valence-electron chi connectivity index (χ2n) is 8.03. The monoisotopic (exact) mass is 319 g/mol. The fourth-order valence-electron chi connectivity index (χ4n) is 4.76. The Morgan fingerprint density at radius 2 is 1.83 bits per heavy atom. The SMILES string of the molecule is CC(=O)C=C1CCC2(CC1)CCC(OCCN1CCCC1)CC2. The molecule has 0 N–H and O–H groups in total. The van der Waals surface area contributed by atoms with E-state index in [0.29, 0.717) is 11.5 Å². The van der Waals surface area contributed by atoms with Crippen molar-refractivity contribution < 1.29 is 9.53 Å². The number of hydrogen-bond donors (Lipinski definition) is 0. The fourth-order valence-corrected chi connectivity index (χ4v) is 4.76. The first-order chi connectivity index (χ1) is 11.2. The van der Waals surface area contributed by atoms with Crippen LogP contribution in [0.25, 0.3) is 0 Å². The molecule has 0 aromatic carbocycles. The van der Waals surface area contributed by atoms with Crippen LogP contribution in [0.3, 0.4) is 0 Å². The van der Waals surface area contributed by atoms with E-state index in [-0.39, 0.29) is 5.78 Å². The van der Waals surface area contributed by atoms with E-state index in [2.05, 4.69) is 4.90 Å². The molecule has 3 nitrogen and oxygen atoms in total. The number of likely N-dealkylation sites (tertiary alicyclic amines) is 1. The van der Waals surface area contributed by atoms with Gasteiger partial charge in [-0.05, 0) is 95.7 Å². The molecule has 3 fully saturated rings. The highest BCUT2D eigenvalue weighted by molar-refractivity contribution is 5.87. The number of ketones is 1. The number of hydrogen-bond acceptors (Lipinski definition) is 3. The summed E-state index contributed by atoms with van der Waals surface area (Å²) in [6.07, 6.45) is 15.1. The molecule has 1 saturated heterocycles. The molecular formula is C20H33NO2. The molecule has 0 bridgehead atoms. The van der Waals surface area contributed by atoms with Gasteiger partial charge in [0.05, 0.1) is 12.7 Å². The van der Waals surface area contributed by atoms with Crippen LogP contribution >= 0.6 is 0 Å². The van der Waals surface area contributed by atoms with E-state index in [1.165, 1.54) is 70.0 Å². The van der Waals surface area contributed by atoms with Crippen LogP contribution in [0.4, 0.5) is 0 Å². The van der Waals surface area contributed by atoms with Crippen molar-refractivity contribution in [3.8, 4) is 0 Å². The standard InChI is InChI=1S/C20H33NO2/c1-17(22)16-18-4-8-20(9-5-18)10-6-19(7-11-20)23-15-14-21-12-2-3-13-21/h16,19H,2-15H2,1H3. The molecule has 23 heavy (non-hydrogen) atoms. The van der Waals surface area contributed by atoms with Crippen molar-refractivity contribution in [2.45, 2.75) is 77.2 Å². The highest BCUT2D eigenvalue weighted by atomic mass is 16.5. The van der Waals surface area contributed by atoms with Crippen molar-refractivity contribution in [1.29, 1.82) is 0 Å². The zero-order chi connectivity index (χ0) is 16.1. The van der Waals surface area contributed by atoms with Gasteiger partial charge in [0, 0.05) is 6.54 Å². The number of carbonyl (C=O) groups excluding carboxylic acids is 1. The maximum absolute atomic E-state index is 11.2. The Kier molecular flexibility index (Phi) is 5.92. The number of nitrogens with zero attached hydrogens (tertiary/aromatic N) is 1. The van der Waals surface area contributed by atoms with Crippen molar-refractivity contribution in [2.75, 3.05) is 26.2 Å². The summed E-state index contributed by atoms with van der Waals surface area (Å²) in [7, 11) is 0. The summed E-state index contributed by atoms with van der Waals surface area (Å²) in [4.78, 5) is 13.8. The Morgan fingerprint density at radius 1 is 1.17 bits per heavy atom. The first-order valence-corrected chi connectivity index (χ1v) is 9.69. The maximum Gasteiger partial charge on any atom is 0.152 e. The summed E-state index contributed by atoms with van der Waals surface area (Å²) < 4.78 is 6.15. The molecule has 0 amide bonds. The van der Waals surface area contributed by atoms with Gasteiger partial charge in [0.25, 0.3) is 0 Å². The predicted octanol–water partition coefficient (Wildman–Crippen LogP) is 4.12. The lowest BCUT2D eigenvalue weighted by Gasteiger charge is -2.43. The van der Waals surface area contributed by atoms with E-state index in [1.54, 1.807) is 6.92 Å². The second kappa shape index (κ2) is 7.94. The van der Waals surface area contributed by atoms with E-state index in [0.717, 1.165) is 26.0 Å². The average molecular weight is 319 g/mol.